The largest absolute Gasteiger partial charge is 0.497 e. The number of nitro benzene ring substituents is 1. The SMILES string of the molecule is COc1ccc(-c2csc3ncnc(Oc4ccc([N+](=O)[O-])c5cccnc45)c23)cc1. The summed E-state index contributed by atoms with van der Waals surface area (Å²) in [5, 5.41) is 14.5. The second-order valence-corrected chi connectivity index (χ2v) is 7.44. The molecule has 0 saturated heterocycles. The van der Waals surface area contributed by atoms with Gasteiger partial charge in [-0.05, 0) is 35.9 Å². The molecular weight excluding hydrogens is 416 g/mol. The fourth-order valence-corrected chi connectivity index (χ4v) is 4.29. The molecule has 9 heteroatoms. The number of rotatable bonds is 5. The molecule has 0 amide bonds. The summed E-state index contributed by atoms with van der Waals surface area (Å²) < 4.78 is 11.4. The number of ether oxygens (including phenoxy) is 2. The number of thiophene rings is 1. The number of fused-ring (bicyclic) bond motifs is 2. The monoisotopic (exact) mass is 430 g/mol. The molecule has 0 unspecified atom stereocenters. The molecule has 5 aromatic rings. The summed E-state index contributed by atoms with van der Waals surface area (Å²) in [4.78, 5) is 24.7. The van der Waals surface area contributed by atoms with Crippen LogP contribution in [0.2, 0.25) is 0 Å². The van der Waals surface area contributed by atoms with Gasteiger partial charge in [-0.25, -0.2) is 9.97 Å². The quantitative estimate of drug-likeness (QED) is 0.264. The van der Waals surface area contributed by atoms with Crippen molar-refractivity contribution in [3.05, 3.63) is 76.5 Å². The van der Waals surface area contributed by atoms with Crippen molar-refractivity contribution in [3.63, 3.8) is 0 Å². The molecular formula is C22H14N4O4S. The van der Waals surface area contributed by atoms with Crippen LogP contribution in [-0.2, 0) is 0 Å². The lowest BCUT2D eigenvalue weighted by atomic mass is 10.1. The van der Waals surface area contributed by atoms with Gasteiger partial charge in [0.15, 0.2) is 5.75 Å². The van der Waals surface area contributed by atoms with Gasteiger partial charge in [-0.1, -0.05) is 12.1 Å². The van der Waals surface area contributed by atoms with E-state index in [9.17, 15) is 10.1 Å². The second-order valence-electron chi connectivity index (χ2n) is 6.58. The Labute approximate surface area is 179 Å². The molecule has 152 valence electrons. The molecule has 31 heavy (non-hydrogen) atoms. The molecule has 0 aliphatic rings. The van der Waals surface area contributed by atoms with Crippen molar-refractivity contribution < 1.29 is 14.4 Å². The summed E-state index contributed by atoms with van der Waals surface area (Å²) in [7, 11) is 1.62. The summed E-state index contributed by atoms with van der Waals surface area (Å²) in [6.07, 6.45) is 3.01. The van der Waals surface area contributed by atoms with E-state index in [-0.39, 0.29) is 5.69 Å². The van der Waals surface area contributed by atoms with Gasteiger partial charge in [-0.2, -0.15) is 0 Å². The number of nitrogens with zero attached hydrogens (tertiary/aromatic N) is 4. The van der Waals surface area contributed by atoms with Crippen LogP contribution in [0.5, 0.6) is 17.4 Å². The Morgan fingerprint density at radius 2 is 1.87 bits per heavy atom. The topological polar surface area (TPSA) is 100 Å². The Bertz CT molecular complexity index is 1430. The van der Waals surface area contributed by atoms with Gasteiger partial charge in [0.1, 0.15) is 22.4 Å². The van der Waals surface area contributed by atoms with Crippen LogP contribution in [0.3, 0.4) is 0 Å². The summed E-state index contributed by atoms with van der Waals surface area (Å²) in [5.41, 5.74) is 2.26. The molecule has 5 rings (SSSR count). The van der Waals surface area contributed by atoms with Crippen LogP contribution in [0.1, 0.15) is 0 Å². The van der Waals surface area contributed by atoms with Crippen molar-refractivity contribution >= 4 is 38.1 Å². The minimum absolute atomic E-state index is 0.0299. The van der Waals surface area contributed by atoms with Crippen LogP contribution < -0.4 is 9.47 Å². The zero-order chi connectivity index (χ0) is 21.4. The average Bonchev–Trinajstić information content (AvgIpc) is 3.24. The third-order valence-corrected chi connectivity index (χ3v) is 5.74. The van der Waals surface area contributed by atoms with Crippen LogP contribution in [0.4, 0.5) is 5.69 Å². The van der Waals surface area contributed by atoms with E-state index >= 15 is 0 Å². The van der Waals surface area contributed by atoms with Gasteiger partial charge in [0.25, 0.3) is 5.69 Å². The average molecular weight is 430 g/mol. The first-order valence-corrected chi connectivity index (χ1v) is 10.1. The number of nitro groups is 1. The number of methoxy groups -OCH3 is 1. The van der Waals surface area contributed by atoms with Crippen LogP contribution in [0, 0.1) is 10.1 Å². The first-order valence-electron chi connectivity index (χ1n) is 9.22. The third-order valence-electron chi connectivity index (χ3n) is 4.85. The molecule has 0 aliphatic heterocycles. The van der Waals surface area contributed by atoms with Gasteiger partial charge in [-0.15, -0.1) is 11.3 Å². The molecule has 0 spiro atoms. The van der Waals surface area contributed by atoms with Crippen molar-refractivity contribution in [2.24, 2.45) is 0 Å². The number of benzene rings is 2. The molecule has 0 aliphatic carbocycles. The lowest BCUT2D eigenvalue weighted by Crippen LogP contribution is -1.95. The standard InChI is InChI=1S/C22H14N4O4S/c1-29-14-6-4-13(5-7-14)16-11-31-22-19(16)21(24-12-25-22)30-18-9-8-17(26(27)28)15-3-2-10-23-20(15)18/h2-12H,1H3. The fraction of sp³-hybridized carbons (Fsp3) is 0.0455. The van der Waals surface area contributed by atoms with Crippen molar-refractivity contribution in [3.8, 4) is 28.5 Å². The molecule has 0 saturated carbocycles. The first kappa shape index (κ1) is 18.9. The van der Waals surface area contributed by atoms with E-state index in [2.05, 4.69) is 15.0 Å². The lowest BCUT2D eigenvalue weighted by Gasteiger charge is -2.10. The van der Waals surface area contributed by atoms with E-state index in [1.54, 1.807) is 31.5 Å². The molecule has 2 aromatic carbocycles. The summed E-state index contributed by atoms with van der Waals surface area (Å²) in [6, 6.07) is 13.9. The number of non-ortho nitro benzene ring substituents is 1. The van der Waals surface area contributed by atoms with Gasteiger partial charge in [0.2, 0.25) is 5.88 Å². The Morgan fingerprint density at radius 3 is 2.65 bits per heavy atom. The Hall–Kier alpha value is -4.11. The van der Waals surface area contributed by atoms with E-state index in [0.717, 1.165) is 27.1 Å². The molecule has 3 aromatic heterocycles. The highest BCUT2D eigenvalue weighted by Crippen LogP contribution is 2.41. The third kappa shape index (κ3) is 3.30. The molecule has 0 atom stereocenters. The first-order chi connectivity index (χ1) is 15.2. The van der Waals surface area contributed by atoms with Gasteiger partial charge in [-0.3, -0.25) is 15.1 Å². The van der Waals surface area contributed by atoms with Crippen LogP contribution in [0.15, 0.2) is 66.4 Å². The molecule has 0 N–H and O–H groups in total. The van der Waals surface area contributed by atoms with E-state index in [1.807, 2.05) is 29.6 Å². The maximum Gasteiger partial charge on any atom is 0.279 e. The van der Waals surface area contributed by atoms with Crippen molar-refractivity contribution in [2.45, 2.75) is 0 Å². The maximum absolute atomic E-state index is 11.4. The van der Waals surface area contributed by atoms with E-state index in [0.29, 0.717) is 22.5 Å². The number of hydrogen-bond acceptors (Lipinski definition) is 8. The second kappa shape index (κ2) is 7.62. The van der Waals surface area contributed by atoms with E-state index in [1.165, 1.54) is 23.7 Å². The molecule has 0 fully saturated rings. The number of aromatic nitrogens is 3. The Balaban J connectivity index is 1.64. The maximum atomic E-state index is 11.4. The predicted octanol–water partition coefficient (Wildman–Crippen LogP) is 5.62. The highest BCUT2D eigenvalue weighted by Gasteiger charge is 2.19. The highest BCUT2D eigenvalue weighted by molar-refractivity contribution is 7.17. The minimum Gasteiger partial charge on any atom is -0.497 e. The van der Waals surface area contributed by atoms with Crippen molar-refractivity contribution in [2.75, 3.05) is 7.11 Å². The normalized spacial score (nSPS) is 11.0. The zero-order valence-electron chi connectivity index (χ0n) is 16.2. The smallest absolute Gasteiger partial charge is 0.279 e. The minimum atomic E-state index is -0.433. The molecule has 0 bridgehead atoms. The fourth-order valence-electron chi connectivity index (χ4n) is 3.39. The highest BCUT2D eigenvalue weighted by atomic mass is 32.1. The van der Waals surface area contributed by atoms with Gasteiger partial charge in [0.05, 0.1) is 22.8 Å². The molecule has 3 heterocycles. The van der Waals surface area contributed by atoms with Gasteiger partial charge >= 0.3 is 0 Å². The predicted molar refractivity (Wildman–Crippen MR) is 118 cm³/mol. The van der Waals surface area contributed by atoms with Crippen molar-refractivity contribution in [1.82, 2.24) is 15.0 Å². The number of pyridine rings is 1. The van der Waals surface area contributed by atoms with Gasteiger partial charge in [0, 0.05) is 23.2 Å². The molecule has 0 radical (unpaired) electrons. The Kier molecular flexibility index (Phi) is 4.64. The molecule has 8 nitrogen and oxygen atoms in total. The summed E-state index contributed by atoms with van der Waals surface area (Å²) in [5.74, 6) is 1.50. The van der Waals surface area contributed by atoms with Crippen LogP contribution in [-0.4, -0.2) is 27.0 Å². The Morgan fingerprint density at radius 1 is 1.03 bits per heavy atom. The van der Waals surface area contributed by atoms with E-state index < -0.39 is 4.92 Å². The number of hydrogen-bond donors (Lipinski definition) is 0. The van der Waals surface area contributed by atoms with Gasteiger partial charge < -0.3 is 9.47 Å². The van der Waals surface area contributed by atoms with E-state index in [4.69, 9.17) is 9.47 Å². The summed E-state index contributed by atoms with van der Waals surface area (Å²) in [6.45, 7) is 0. The lowest BCUT2D eigenvalue weighted by molar-refractivity contribution is -0.383. The summed E-state index contributed by atoms with van der Waals surface area (Å²) >= 11 is 1.49. The van der Waals surface area contributed by atoms with Crippen LogP contribution >= 0.6 is 11.3 Å². The van der Waals surface area contributed by atoms with Crippen molar-refractivity contribution in [1.29, 1.82) is 0 Å². The zero-order valence-corrected chi connectivity index (χ0v) is 17.0. The van der Waals surface area contributed by atoms with Crippen LogP contribution in [0.25, 0.3) is 32.2 Å².